The molecule has 1 saturated carbocycles. The van der Waals surface area contributed by atoms with Gasteiger partial charge in [-0.15, -0.1) is 0 Å². The first-order valence-corrected chi connectivity index (χ1v) is 8.30. The van der Waals surface area contributed by atoms with Gasteiger partial charge in [0.25, 0.3) is 0 Å². The van der Waals surface area contributed by atoms with Crippen molar-refractivity contribution in [3.63, 3.8) is 0 Å². The van der Waals surface area contributed by atoms with Crippen LogP contribution in [-0.2, 0) is 6.54 Å². The van der Waals surface area contributed by atoms with Crippen molar-refractivity contribution in [2.45, 2.75) is 38.3 Å². The van der Waals surface area contributed by atoms with E-state index in [9.17, 15) is 13.9 Å². The Bertz CT molecular complexity index is 669. The Morgan fingerprint density at radius 1 is 1.25 bits per heavy atom. The van der Waals surface area contributed by atoms with Crippen LogP contribution < -0.4 is 0 Å². The molecule has 130 valence electrons. The molecule has 2 atom stereocenters. The van der Waals surface area contributed by atoms with E-state index in [-0.39, 0.29) is 23.5 Å². The quantitative estimate of drug-likeness (QED) is 0.906. The van der Waals surface area contributed by atoms with Crippen LogP contribution >= 0.6 is 0 Å². The van der Waals surface area contributed by atoms with Crippen LogP contribution in [-0.4, -0.2) is 34.7 Å². The van der Waals surface area contributed by atoms with Crippen molar-refractivity contribution in [3.05, 3.63) is 41.8 Å². The minimum Gasteiger partial charge on any atom is -0.444 e. The molecule has 1 aromatic carbocycles. The normalized spacial score (nSPS) is 21.4. The fourth-order valence-electron chi connectivity index (χ4n) is 3.34. The number of benzene rings is 1. The third-order valence-electron chi connectivity index (χ3n) is 4.58. The first kappa shape index (κ1) is 17.0. The van der Waals surface area contributed by atoms with Gasteiger partial charge in [0, 0.05) is 13.1 Å². The van der Waals surface area contributed by atoms with E-state index in [1.807, 2.05) is 7.05 Å². The average molecular weight is 336 g/mol. The third-order valence-corrected chi connectivity index (χ3v) is 4.58. The zero-order valence-electron chi connectivity index (χ0n) is 13.7. The Morgan fingerprint density at radius 3 is 2.67 bits per heavy atom. The average Bonchev–Trinajstić information content (AvgIpc) is 2.97. The molecular formula is C18H22F2N2O2. The molecule has 0 aliphatic heterocycles. The predicted octanol–water partition coefficient (Wildman–Crippen LogP) is 3.60. The lowest BCUT2D eigenvalue weighted by molar-refractivity contribution is 0.0499. The number of halogens is 2. The van der Waals surface area contributed by atoms with Crippen molar-refractivity contribution in [3.8, 4) is 11.5 Å². The summed E-state index contributed by atoms with van der Waals surface area (Å²) in [7, 11) is 1.94. The van der Waals surface area contributed by atoms with Crippen LogP contribution in [0.2, 0.25) is 0 Å². The summed E-state index contributed by atoms with van der Waals surface area (Å²) in [4.78, 5) is 6.26. The summed E-state index contributed by atoms with van der Waals surface area (Å²) < 4.78 is 32.8. The molecule has 24 heavy (non-hydrogen) atoms. The van der Waals surface area contributed by atoms with Gasteiger partial charge in [0.1, 0.15) is 23.5 Å². The van der Waals surface area contributed by atoms with Crippen LogP contribution in [0.4, 0.5) is 8.78 Å². The van der Waals surface area contributed by atoms with Crippen molar-refractivity contribution >= 4 is 0 Å². The number of nitrogens with zero attached hydrogens (tertiary/aromatic N) is 2. The van der Waals surface area contributed by atoms with E-state index in [0.717, 1.165) is 32.2 Å². The van der Waals surface area contributed by atoms with E-state index >= 15 is 0 Å². The van der Waals surface area contributed by atoms with Crippen LogP contribution in [0.15, 0.2) is 28.9 Å². The molecule has 1 N–H and O–H groups in total. The Balaban J connectivity index is 1.65. The Kier molecular flexibility index (Phi) is 5.26. The number of aliphatic hydroxyl groups excluding tert-OH is 1. The molecule has 0 bridgehead atoms. The molecule has 0 saturated heterocycles. The second-order valence-electron chi connectivity index (χ2n) is 6.55. The van der Waals surface area contributed by atoms with Crippen LogP contribution in [0.3, 0.4) is 0 Å². The fourth-order valence-corrected chi connectivity index (χ4v) is 3.34. The monoisotopic (exact) mass is 336 g/mol. The smallest absolute Gasteiger partial charge is 0.232 e. The van der Waals surface area contributed by atoms with E-state index in [1.165, 1.54) is 24.5 Å². The number of oxazole rings is 1. The highest BCUT2D eigenvalue weighted by molar-refractivity contribution is 5.55. The van der Waals surface area contributed by atoms with Gasteiger partial charge in [-0.3, -0.25) is 0 Å². The maximum Gasteiger partial charge on any atom is 0.232 e. The van der Waals surface area contributed by atoms with Gasteiger partial charge in [0.2, 0.25) is 5.89 Å². The SMILES string of the molecule is CN(Cc1coc(-c2c(F)cccc2F)n1)CC1CCCCC1O. The fraction of sp³-hybridized carbons (Fsp3) is 0.500. The molecule has 1 fully saturated rings. The van der Waals surface area contributed by atoms with Crippen LogP contribution in [0, 0.1) is 17.6 Å². The molecule has 0 amide bonds. The Labute approximate surface area is 140 Å². The first-order chi connectivity index (χ1) is 11.5. The van der Waals surface area contributed by atoms with Crippen molar-refractivity contribution in [1.82, 2.24) is 9.88 Å². The van der Waals surface area contributed by atoms with E-state index in [2.05, 4.69) is 9.88 Å². The number of rotatable bonds is 5. The molecule has 2 unspecified atom stereocenters. The molecule has 4 nitrogen and oxygen atoms in total. The summed E-state index contributed by atoms with van der Waals surface area (Å²) in [5.41, 5.74) is 0.370. The van der Waals surface area contributed by atoms with Gasteiger partial charge in [-0.05, 0) is 37.9 Å². The third kappa shape index (κ3) is 3.82. The summed E-state index contributed by atoms with van der Waals surface area (Å²) in [5, 5.41) is 10.1. The summed E-state index contributed by atoms with van der Waals surface area (Å²) >= 11 is 0. The van der Waals surface area contributed by atoms with Gasteiger partial charge in [0.05, 0.1) is 11.8 Å². The molecule has 6 heteroatoms. The van der Waals surface area contributed by atoms with E-state index in [1.54, 1.807) is 0 Å². The maximum atomic E-state index is 13.8. The van der Waals surface area contributed by atoms with Gasteiger partial charge >= 0.3 is 0 Å². The van der Waals surface area contributed by atoms with Crippen molar-refractivity contribution in [1.29, 1.82) is 0 Å². The lowest BCUT2D eigenvalue weighted by atomic mass is 9.86. The zero-order valence-corrected chi connectivity index (χ0v) is 13.7. The highest BCUT2D eigenvalue weighted by atomic mass is 19.1. The molecule has 0 spiro atoms. The molecule has 2 aromatic rings. The second kappa shape index (κ2) is 7.40. The summed E-state index contributed by atoms with van der Waals surface area (Å²) in [6.07, 6.45) is 5.30. The molecule has 1 aliphatic rings. The van der Waals surface area contributed by atoms with Crippen LogP contribution in [0.1, 0.15) is 31.4 Å². The summed E-state index contributed by atoms with van der Waals surface area (Å²) in [6.45, 7) is 1.26. The zero-order chi connectivity index (χ0) is 17.1. The lowest BCUT2D eigenvalue weighted by Crippen LogP contribution is -2.34. The largest absolute Gasteiger partial charge is 0.444 e. The van der Waals surface area contributed by atoms with Gasteiger partial charge in [-0.2, -0.15) is 0 Å². The van der Waals surface area contributed by atoms with E-state index in [0.29, 0.717) is 12.2 Å². The van der Waals surface area contributed by atoms with Gasteiger partial charge < -0.3 is 14.4 Å². The maximum absolute atomic E-state index is 13.8. The van der Waals surface area contributed by atoms with Crippen molar-refractivity contribution in [2.75, 3.05) is 13.6 Å². The first-order valence-electron chi connectivity index (χ1n) is 8.30. The van der Waals surface area contributed by atoms with Crippen LogP contribution in [0.25, 0.3) is 11.5 Å². The minimum absolute atomic E-state index is 0.0494. The highest BCUT2D eigenvalue weighted by Crippen LogP contribution is 2.27. The number of aliphatic hydroxyl groups is 1. The molecule has 0 radical (unpaired) electrons. The standard InChI is InChI=1S/C18H22F2N2O2/c1-22(9-12-5-2-3-8-16(12)23)10-13-11-24-18(21-13)17-14(19)6-4-7-15(17)20/h4,6-7,11-12,16,23H,2-3,5,8-10H2,1H3. The van der Waals surface area contributed by atoms with Gasteiger partial charge in [-0.25, -0.2) is 13.8 Å². The number of hydrogen-bond acceptors (Lipinski definition) is 4. The van der Waals surface area contributed by atoms with Crippen LogP contribution in [0.5, 0.6) is 0 Å². The molecule has 1 heterocycles. The highest BCUT2D eigenvalue weighted by Gasteiger charge is 2.24. The molecule has 3 rings (SSSR count). The van der Waals surface area contributed by atoms with Crippen molar-refractivity contribution < 1.29 is 18.3 Å². The Morgan fingerprint density at radius 2 is 1.96 bits per heavy atom. The molecular weight excluding hydrogens is 314 g/mol. The minimum atomic E-state index is -0.693. The lowest BCUT2D eigenvalue weighted by Gasteiger charge is -2.30. The van der Waals surface area contributed by atoms with Gasteiger partial charge in [0.15, 0.2) is 0 Å². The van der Waals surface area contributed by atoms with Gasteiger partial charge in [-0.1, -0.05) is 18.9 Å². The number of aromatic nitrogens is 1. The Hall–Kier alpha value is -1.79. The molecule has 1 aromatic heterocycles. The summed E-state index contributed by atoms with van der Waals surface area (Å²) in [6, 6.07) is 3.67. The molecule has 1 aliphatic carbocycles. The topological polar surface area (TPSA) is 49.5 Å². The van der Waals surface area contributed by atoms with Crippen molar-refractivity contribution in [2.24, 2.45) is 5.92 Å². The summed E-state index contributed by atoms with van der Waals surface area (Å²) in [5.74, 6) is -1.17. The van der Waals surface area contributed by atoms with E-state index in [4.69, 9.17) is 4.42 Å². The number of hydrogen-bond donors (Lipinski definition) is 1. The predicted molar refractivity (Wildman–Crippen MR) is 86.2 cm³/mol. The van der Waals surface area contributed by atoms with E-state index < -0.39 is 11.6 Å². The second-order valence-corrected chi connectivity index (χ2v) is 6.55.